The Labute approximate surface area is 95.6 Å². The minimum atomic E-state index is -0.373. The molecule has 0 saturated heterocycles. The van der Waals surface area contributed by atoms with Crippen molar-refractivity contribution in [3.8, 4) is 0 Å². The highest BCUT2D eigenvalue weighted by molar-refractivity contribution is 5.95. The number of nitrogens with one attached hydrogen (secondary N) is 1. The summed E-state index contributed by atoms with van der Waals surface area (Å²) in [5, 5.41) is 0. The van der Waals surface area contributed by atoms with Crippen molar-refractivity contribution < 1.29 is 9.59 Å². The van der Waals surface area contributed by atoms with Crippen LogP contribution >= 0.6 is 0 Å². The topological polar surface area (TPSA) is 53.2 Å². The molecule has 0 bridgehead atoms. The number of hydrogen-bond donors (Lipinski definition) is 1. The maximum absolute atomic E-state index is 12.1. The highest BCUT2D eigenvalue weighted by Gasteiger charge is 2.20. The van der Waals surface area contributed by atoms with Gasteiger partial charge in [-0.2, -0.15) is 0 Å². The maximum atomic E-state index is 12.1. The molecule has 1 rings (SSSR count). The van der Waals surface area contributed by atoms with Crippen molar-refractivity contribution >= 4 is 12.2 Å². The van der Waals surface area contributed by atoms with Gasteiger partial charge in [0.1, 0.15) is 6.29 Å². The van der Waals surface area contributed by atoms with E-state index in [2.05, 4.69) is 4.98 Å². The minimum absolute atomic E-state index is 0.0919. The first kappa shape index (κ1) is 12.5. The first-order chi connectivity index (χ1) is 7.60. The molecule has 1 N–H and O–H groups in total. The molecule has 1 atom stereocenters. The molecule has 0 aromatic carbocycles. The van der Waals surface area contributed by atoms with E-state index >= 15 is 0 Å². The summed E-state index contributed by atoms with van der Waals surface area (Å²) in [6.45, 7) is 6.22. The molecule has 88 valence electrons. The second-order valence-corrected chi connectivity index (χ2v) is 3.95. The number of amides is 1. The van der Waals surface area contributed by atoms with Gasteiger partial charge in [-0.3, -0.25) is 4.79 Å². The van der Waals surface area contributed by atoms with Crippen LogP contribution in [0.1, 0.15) is 36.3 Å². The van der Waals surface area contributed by atoms with Gasteiger partial charge in [-0.1, -0.05) is 6.92 Å². The standard InChI is InChI=1S/C12H18N2O2/c1-4-5-14(10(3)8-15)12(16)11-6-9(2)13-7-11/h6-8,10,13H,4-5H2,1-3H3. The number of nitrogens with zero attached hydrogens (tertiary/aromatic N) is 1. The van der Waals surface area contributed by atoms with Crippen LogP contribution in [0, 0.1) is 6.92 Å². The molecule has 0 radical (unpaired) electrons. The van der Waals surface area contributed by atoms with Crippen LogP contribution in [0.2, 0.25) is 0 Å². The molecule has 0 saturated carbocycles. The lowest BCUT2D eigenvalue weighted by Crippen LogP contribution is -2.39. The Bertz CT molecular complexity index is 371. The molecule has 4 heteroatoms. The number of aryl methyl sites for hydroxylation is 1. The number of hydrogen-bond acceptors (Lipinski definition) is 2. The largest absolute Gasteiger partial charge is 0.364 e. The molecule has 0 aliphatic heterocycles. The Balaban J connectivity index is 2.86. The van der Waals surface area contributed by atoms with Crippen LogP contribution in [0.3, 0.4) is 0 Å². The van der Waals surface area contributed by atoms with Gasteiger partial charge in [-0.05, 0) is 26.3 Å². The molecule has 1 aromatic rings. The lowest BCUT2D eigenvalue weighted by Gasteiger charge is -2.24. The lowest BCUT2D eigenvalue weighted by molar-refractivity contribution is -0.111. The molecule has 0 aliphatic rings. The van der Waals surface area contributed by atoms with E-state index in [0.29, 0.717) is 12.1 Å². The second-order valence-electron chi connectivity index (χ2n) is 3.95. The summed E-state index contributed by atoms with van der Waals surface area (Å²) in [5.74, 6) is -0.0919. The summed E-state index contributed by atoms with van der Waals surface area (Å²) >= 11 is 0. The molecule has 1 unspecified atom stereocenters. The third-order valence-corrected chi connectivity index (χ3v) is 2.49. The first-order valence-corrected chi connectivity index (χ1v) is 5.51. The van der Waals surface area contributed by atoms with Gasteiger partial charge in [0, 0.05) is 18.4 Å². The van der Waals surface area contributed by atoms with E-state index in [1.165, 1.54) is 0 Å². The van der Waals surface area contributed by atoms with Crippen molar-refractivity contribution in [3.05, 3.63) is 23.5 Å². The molecule has 1 heterocycles. The van der Waals surface area contributed by atoms with E-state index in [-0.39, 0.29) is 11.9 Å². The third-order valence-electron chi connectivity index (χ3n) is 2.49. The van der Waals surface area contributed by atoms with Gasteiger partial charge in [0.05, 0.1) is 11.6 Å². The Kier molecular flexibility index (Phi) is 4.28. The molecule has 1 aromatic heterocycles. The van der Waals surface area contributed by atoms with Gasteiger partial charge in [0.15, 0.2) is 0 Å². The average Bonchev–Trinajstić information content (AvgIpc) is 2.71. The Morgan fingerprint density at radius 3 is 2.75 bits per heavy atom. The molecular weight excluding hydrogens is 204 g/mol. The zero-order chi connectivity index (χ0) is 12.1. The first-order valence-electron chi connectivity index (χ1n) is 5.51. The van der Waals surface area contributed by atoms with Crippen molar-refractivity contribution in [2.24, 2.45) is 0 Å². The van der Waals surface area contributed by atoms with Crippen LogP contribution in [0.4, 0.5) is 0 Å². The smallest absolute Gasteiger partial charge is 0.255 e. The van der Waals surface area contributed by atoms with Gasteiger partial charge in [0.2, 0.25) is 0 Å². The molecule has 16 heavy (non-hydrogen) atoms. The summed E-state index contributed by atoms with van der Waals surface area (Å²) < 4.78 is 0. The Morgan fingerprint density at radius 2 is 2.31 bits per heavy atom. The third kappa shape index (κ3) is 2.72. The second kappa shape index (κ2) is 5.49. The maximum Gasteiger partial charge on any atom is 0.255 e. The van der Waals surface area contributed by atoms with Crippen LogP contribution in [0.15, 0.2) is 12.3 Å². The van der Waals surface area contributed by atoms with Crippen LogP contribution < -0.4 is 0 Å². The quantitative estimate of drug-likeness (QED) is 0.772. The van der Waals surface area contributed by atoms with Crippen molar-refractivity contribution in [2.45, 2.75) is 33.2 Å². The lowest BCUT2D eigenvalue weighted by atomic mass is 10.2. The number of H-pyrrole nitrogens is 1. The zero-order valence-electron chi connectivity index (χ0n) is 9.99. The fraction of sp³-hybridized carbons (Fsp3) is 0.500. The Morgan fingerprint density at radius 1 is 1.62 bits per heavy atom. The predicted molar refractivity (Wildman–Crippen MR) is 62.4 cm³/mol. The van der Waals surface area contributed by atoms with E-state index in [9.17, 15) is 9.59 Å². The summed E-state index contributed by atoms with van der Waals surface area (Å²) in [6.07, 6.45) is 3.32. The van der Waals surface area contributed by atoms with Crippen LogP contribution in [0.25, 0.3) is 0 Å². The molecular formula is C12H18N2O2. The van der Waals surface area contributed by atoms with Crippen molar-refractivity contribution in [2.75, 3.05) is 6.54 Å². The zero-order valence-corrected chi connectivity index (χ0v) is 9.99. The fourth-order valence-electron chi connectivity index (χ4n) is 1.60. The van der Waals surface area contributed by atoms with E-state index in [1.807, 2.05) is 13.8 Å². The van der Waals surface area contributed by atoms with E-state index < -0.39 is 0 Å². The monoisotopic (exact) mass is 222 g/mol. The van der Waals surface area contributed by atoms with Crippen LogP contribution in [0.5, 0.6) is 0 Å². The van der Waals surface area contributed by atoms with E-state index in [1.54, 1.807) is 24.1 Å². The number of carbonyl (C=O) groups is 2. The van der Waals surface area contributed by atoms with Gasteiger partial charge in [-0.25, -0.2) is 0 Å². The molecule has 0 fully saturated rings. The SMILES string of the molecule is CCCN(C(=O)c1c[nH]c(C)c1)C(C)C=O. The predicted octanol–water partition coefficient (Wildman–Crippen LogP) is 1.76. The number of aromatic nitrogens is 1. The molecule has 0 spiro atoms. The van der Waals surface area contributed by atoms with Gasteiger partial charge >= 0.3 is 0 Å². The van der Waals surface area contributed by atoms with Crippen LogP contribution in [-0.4, -0.2) is 34.7 Å². The molecule has 4 nitrogen and oxygen atoms in total. The molecule has 0 aliphatic carbocycles. The average molecular weight is 222 g/mol. The number of aromatic amines is 1. The minimum Gasteiger partial charge on any atom is -0.364 e. The number of aldehydes is 1. The number of rotatable bonds is 5. The van der Waals surface area contributed by atoms with Crippen molar-refractivity contribution in [1.82, 2.24) is 9.88 Å². The van der Waals surface area contributed by atoms with E-state index in [4.69, 9.17) is 0 Å². The summed E-state index contributed by atoms with van der Waals surface area (Å²) in [4.78, 5) is 27.4. The summed E-state index contributed by atoms with van der Waals surface area (Å²) in [5.41, 5.74) is 1.55. The number of carbonyl (C=O) groups excluding carboxylic acids is 2. The van der Waals surface area contributed by atoms with Gasteiger partial charge in [-0.15, -0.1) is 0 Å². The summed E-state index contributed by atoms with van der Waals surface area (Å²) in [7, 11) is 0. The molecule has 1 amide bonds. The highest BCUT2D eigenvalue weighted by Crippen LogP contribution is 2.09. The highest BCUT2D eigenvalue weighted by atomic mass is 16.2. The normalized spacial score (nSPS) is 12.2. The fourth-order valence-corrected chi connectivity index (χ4v) is 1.60. The van der Waals surface area contributed by atoms with Crippen molar-refractivity contribution in [1.29, 1.82) is 0 Å². The van der Waals surface area contributed by atoms with Gasteiger partial charge in [0.25, 0.3) is 5.91 Å². The summed E-state index contributed by atoms with van der Waals surface area (Å²) in [6, 6.07) is 1.42. The Hall–Kier alpha value is -1.58. The van der Waals surface area contributed by atoms with Crippen molar-refractivity contribution in [3.63, 3.8) is 0 Å². The van der Waals surface area contributed by atoms with E-state index in [0.717, 1.165) is 18.4 Å². The van der Waals surface area contributed by atoms with Crippen LogP contribution in [-0.2, 0) is 4.79 Å². The van der Waals surface area contributed by atoms with Gasteiger partial charge < -0.3 is 14.7 Å².